The van der Waals surface area contributed by atoms with Crippen molar-refractivity contribution in [3.63, 3.8) is 0 Å². The van der Waals surface area contributed by atoms with E-state index in [1.54, 1.807) is 0 Å². The minimum absolute atomic E-state index is 0.259. The first-order valence-electron chi connectivity index (χ1n) is 5.77. The fourth-order valence-electron chi connectivity index (χ4n) is 2.12. The summed E-state index contributed by atoms with van der Waals surface area (Å²) < 4.78 is 0. The zero-order valence-electron chi connectivity index (χ0n) is 9.13. The van der Waals surface area contributed by atoms with Gasteiger partial charge >= 0.3 is 0 Å². The van der Waals surface area contributed by atoms with Crippen LogP contribution in [0, 0.1) is 0 Å². The zero-order chi connectivity index (χ0) is 10.4. The summed E-state index contributed by atoms with van der Waals surface area (Å²) in [4.78, 5) is 0. The van der Waals surface area contributed by atoms with Crippen LogP contribution < -0.4 is 5.32 Å². The highest BCUT2D eigenvalue weighted by Gasteiger charge is 2.30. The number of nitrogens with one attached hydrogen (secondary N) is 1. The van der Waals surface area contributed by atoms with Gasteiger partial charge in [0.1, 0.15) is 0 Å². The molecule has 1 aliphatic rings. The molecule has 0 spiro atoms. The third-order valence-corrected chi connectivity index (χ3v) is 2.99. The van der Waals surface area contributed by atoms with Crippen LogP contribution in [0.1, 0.15) is 45.4 Å². The van der Waals surface area contributed by atoms with Gasteiger partial charge in [-0.05, 0) is 19.3 Å². The monoisotopic (exact) mass is 201 g/mol. The molecule has 1 rings (SSSR count). The molecular weight excluding hydrogens is 178 g/mol. The second kappa shape index (κ2) is 5.69. The number of hydrogen-bond acceptors (Lipinski definition) is 3. The zero-order valence-corrected chi connectivity index (χ0v) is 9.13. The summed E-state index contributed by atoms with van der Waals surface area (Å²) in [5, 5.41) is 22.6. The Bertz CT molecular complexity index is 155. The van der Waals surface area contributed by atoms with Gasteiger partial charge in [0.25, 0.3) is 0 Å². The average Bonchev–Trinajstić information content (AvgIpc) is 2.53. The molecule has 3 nitrogen and oxygen atoms in total. The van der Waals surface area contributed by atoms with Gasteiger partial charge in [-0.1, -0.05) is 26.2 Å². The number of hydrogen-bond donors (Lipinski definition) is 3. The van der Waals surface area contributed by atoms with E-state index >= 15 is 0 Å². The van der Waals surface area contributed by atoms with Crippen molar-refractivity contribution in [3.05, 3.63) is 0 Å². The van der Waals surface area contributed by atoms with E-state index in [2.05, 4.69) is 12.2 Å². The Balaban J connectivity index is 2.08. The molecule has 0 saturated heterocycles. The molecule has 0 heterocycles. The highest BCUT2D eigenvalue weighted by molar-refractivity contribution is 4.86. The van der Waals surface area contributed by atoms with Crippen LogP contribution in [-0.2, 0) is 0 Å². The van der Waals surface area contributed by atoms with E-state index in [1.807, 2.05) is 0 Å². The first-order valence-corrected chi connectivity index (χ1v) is 5.77. The molecule has 0 aromatic rings. The highest BCUT2D eigenvalue weighted by atomic mass is 16.3. The molecule has 0 aromatic carbocycles. The lowest BCUT2D eigenvalue weighted by Gasteiger charge is -2.23. The van der Waals surface area contributed by atoms with Gasteiger partial charge < -0.3 is 15.5 Å². The number of rotatable bonds is 6. The van der Waals surface area contributed by atoms with E-state index in [0.29, 0.717) is 13.1 Å². The van der Waals surface area contributed by atoms with Crippen LogP contribution in [-0.4, -0.2) is 35.0 Å². The Morgan fingerprint density at radius 1 is 1.36 bits per heavy atom. The molecule has 0 aromatic heterocycles. The molecule has 0 amide bonds. The molecule has 1 fully saturated rings. The fraction of sp³-hybridized carbons (Fsp3) is 1.00. The molecule has 3 heteroatoms. The van der Waals surface area contributed by atoms with Crippen LogP contribution in [0.25, 0.3) is 0 Å². The third-order valence-electron chi connectivity index (χ3n) is 2.99. The third kappa shape index (κ3) is 3.95. The molecule has 1 aliphatic carbocycles. The molecule has 0 aliphatic heterocycles. The topological polar surface area (TPSA) is 52.5 Å². The van der Waals surface area contributed by atoms with Crippen LogP contribution in [0.4, 0.5) is 0 Å². The van der Waals surface area contributed by atoms with Crippen LogP contribution in [0.15, 0.2) is 0 Å². The number of aliphatic hydroxyl groups is 2. The van der Waals surface area contributed by atoms with Crippen molar-refractivity contribution in [2.45, 2.75) is 57.2 Å². The summed E-state index contributed by atoms with van der Waals surface area (Å²) in [6.07, 6.45) is 5.67. The molecule has 3 N–H and O–H groups in total. The molecule has 0 bridgehead atoms. The molecule has 0 radical (unpaired) electrons. The van der Waals surface area contributed by atoms with Crippen LogP contribution in [0.5, 0.6) is 0 Å². The molecule has 1 unspecified atom stereocenters. The molecule has 14 heavy (non-hydrogen) atoms. The van der Waals surface area contributed by atoms with Gasteiger partial charge in [0.15, 0.2) is 0 Å². The lowest BCUT2D eigenvalue weighted by atomic mass is 10.0. The van der Waals surface area contributed by atoms with Gasteiger partial charge in [0.05, 0.1) is 11.7 Å². The van der Waals surface area contributed by atoms with E-state index < -0.39 is 5.60 Å². The molecule has 84 valence electrons. The Hall–Kier alpha value is -0.120. The van der Waals surface area contributed by atoms with Crippen LogP contribution >= 0.6 is 0 Å². The Morgan fingerprint density at radius 2 is 2.00 bits per heavy atom. The first-order chi connectivity index (χ1) is 6.66. The standard InChI is InChI=1S/C11H23NO2/c1-2-5-10(13)8-12-9-11(14)6-3-4-7-11/h10,12-14H,2-9H2,1H3. The van der Waals surface area contributed by atoms with Crippen molar-refractivity contribution in [2.75, 3.05) is 13.1 Å². The van der Waals surface area contributed by atoms with Gasteiger partial charge in [-0.15, -0.1) is 0 Å². The lowest BCUT2D eigenvalue weighted by Crippen LogP contribution is -2.40. The predicted octanol–water partition coefficient (Wildman–Crippen LogP) is 1.04. The SMILES string of the molecule is CCCC(O)CNCC1(O)CCCC1. The molecular formula is C11H23NO2. The Labute approximate surface area is 86.5 Å². The maximum atomic E-state index is 9.99. The molecule has 1 saturated carbocycles. The summed E-state index contributed by atoms with van der Waals surface area (Å²) in [5.74, 6) is 0. The minimum atomic E-state index is -0.494. The first kappa shape index (κ1) is 12.0. The van der Waals surface area contributed by atoms with E-state index in [9.17, 15) is 10.2 Å². The van der Waals surface area contributed by atoms with E-state index in [4.69, 9.17) is 0 Å². The highest BCUT2D eigenvalue weighted by Crippen LogP contribution is 2.28. The summed E-state index contributed by atoms with van der Waals surface area (Å²) in [6.45, 7) is 3.30. The van der Waals surface area contributed by atoms with Gasteiger partial charge in [0, 0.05) is 13.1 Å². The summed E-state index contributed by atoms with van der Waals surface area (Å²) in [5.41, 5.74) is -0.494. The van der Waals surface area contributed by atoms with Crippen molar-refractivity contribution in [3.8, 4) is 0 Å². The number of aliphatic hydroxyl groups excluding tert-OH is 1. The van der Waals surface area contributed by atoms with E-state index in [-0.39, 0.29) is 6.10 Å². The van der Waals surface area contributed by atoms with Crippen LogP contribution in [0.3, 0.4) is 0 Å². The minimum Gasteiger partial charge on any atom is -0.392 e. The maximum Gasteiger partial charge on any atom is 0.0771 e. The normalized spacial score (nSPS) is 22.5. The van der Waals surface area contributed by atoms with Crippen molar-refractivity contribution in [1.82, 2.24) is 5.32 Å². The van der Waals surface area contributed by atoms with Crippen molar-refractivity contribution < 1.29 is 10.2 Å². The maximum absolute atomic E-state index is 9.99. The second-order valence-electron chi connectivity index (χ2n) is 4.50. The lowest BCUT2D eigenvalue weighted by molar-refractivity contribution is 0.0435. The largest absolute Gasteiger partial charge is 0.392 e. The average molecular weight is 201 g/mol. The van der Waals surface area contributed by atoms with Gasteiger partial charge in [-0.2, -0.15) is 0 Å². The second-order valence-corrected chi connectivity index (χ2v) is 4.50. The summed E-state index contributed by atoms with van der Waals surface area (Å²) >= 11 is 0. The fourth-order valence-corrected chi connectivity index (χ4v) is 2.12. The predicted molar refractivity (Wildman–Crippen MR) is 57.2 cm³/mol. The smallest absolute Gasteiger partial charge is 0.0771 e. The molecule has 1 atom stereocenters. The van der Waals surface area contributed by atoms with Gasteiger partial charge in [-0.25, -0.2) is 0 Å². The summed E-state index contributed by atoms with van der Waals surface area (Å²) in [7, 11) is 0. The van der Waals surface area contributed by atoms with Gasteiger partial charge in [-0.3, -0.25) is 0 Å². The van der Waals surface area contributed by atoms with E-state index in [0.717, 1.165) is 38.5 Å². The van der Waals surface area contributed by atoms with Crippen molar-refractivity contribution in [2.24, 2.45) is 0 Å². The quantitative estimate of drug-likeness (QED) is 0.602. The van der Waals surface area contributed by atoms with Crippen LogP contribution in [0.2, 0.25) is 0 Å². The van der Waals surface area contributed by atoms with Crippen molar-refractivity contribution >= 4 is 0 Å². The van der Waals surface area contributed by atoms with Gasteiger partial charge in [0.2, 0.25) is 0 Å². The Morgan fingerprint density at radius 3 is 2.57 bits per heavy atom. The summed E-state index contributed by atoms with van der Waals surface area (Å²) in [6, 6.07) is 0. The van der Waals surface area contributed by atoms with E-state index in [1.165, 1.54) is 0 Å². The Kier molecular flexibility index (Phi) is 4.85. The van der Waals surface area contributed by atoms with Crippen molar-refractivity contribution in [1.29, 1.82) is 0 Å².